The highest BCUT2D eigenvalue weighted by Gasteiger charge is 2.32. The Balaban J connectivity index is 1.76. The highest BCUT2D eigenvalue weighted by atomic mass is 32.2. The minimum Gasteiger partial charge on any atom is -0.341 e. The van der Waals surface area contributed by atoms with Crippen molar-refractivity contribution >= 4 is 25.8 Å². The molecule has 0 radical (unpaired) electrons. The molecule has 0 unspecified atom stereocenters. The lowest BCUT2D eigenvalue weighted by atomic mass is 10.00. The predicted octanol–water partition coefficient (Wildman–Crippen LogP) is 3.82. The van der Waals surface area contributed by atoms with Crippen LogP contribution in [0.3, 0.4) is 0 Å². The van der Waals surface area contributed by atoms with E-state index >= 15 is 0 Å². The van der Waals surface area contributed by atoms with E-state index in [9.17, 15) is 0 Å². The number of hydrogen-bond donors (Lipinski definition) is 0. The Hall–Kier alpha value is -0.493. The normalized spacial score (nSPS) is 21.0. The van der Waals surface area contributed by atoms with Gasteiger partial charge in [-0.15, -0.1) is 10.2 Å². The maximum Gasteiger partial charge on any atom is 0.228 e. The molecule has 0 atom stereocenters. The predicted molar refractivity (Wildman–Crippen MR) is 93.0 cm³/mol. The van der Waals surface area contributed by atoms with E-state index in [0.717, 1.165) is 30.1 Å². The van der Waals surface area contributed by atoms with E-state index in [0.29, 0.717) is 6.04 Å². The lowest BCUT2D eigenvalue weighted by Crippen LogP contribution is -2.34. The Kier molecular flexibility index (Phi) is 4.37. The standard InChI is InChI=1S/C15H28N4SSi/c1-12-7-9-18(10-8-12)14-16-17-15(19(14)13-5-6-13)20-11-21(2,3)4/h12-13H,5-11H2,1-4H3. The van der Waals surface area contributed by atoms with Gasteiger partial charge in [-0.25, -0.2) is 0 Å². The average molecular weight is 325 g/mol. The maximum absolute atomic E-state index is 4.56. The fourth-order valence-corrected chi connectivity index (χ4v) is 5.44. The molecule has 21 heavy (non-hydrogen) atoms. The molecule has 1 aromatic heterocycles. The third kappa shape index (κ3) is 3.83. The number of nitrogens with zero attached hydrogens (tertiary/aromatic N) is 4. The summed E-state index contributed by atoms with van der Waals surface area (Å²) in [5.74, 6) is 2.00. The van der Waals surface area contributed by atoms with Crippen molar-refractivity contribution in [2.75, 3.05) is 23.4 Å². The lowest BCUT2D eigenvalue weighted by molar-refractivity contribution is 0.429. The Morgan fingerprint density at radius 3 is 2.33 bits per heavy atom. The Bertz CT molecular complexity index is 484. The van der Waals surface area contributed by atoms with E-state index in [1.807, 2.05) is 11.8 Å². The number of anilines is 1. The highest BCUT2D eigenvalue weighted by molar-refractivity contribution is 8.00. The smallest absolute Gasteiger partial charge is 0.228 e. The molecule has 1 aromatic rings. The van der Waals surface area contributed by atoms with Crippen LogP contribution in [0.4, 0.5) is 5.95 Å². The van der Waals surface area contributed by atoms with Gasteiger partial charge in [0.05, 0.1) is 8.07 Å². The van der Waals surface area contributed by atoms with Crippen LogP contribution in [0, 0.1) is 5.92 Å². The third-order valence-corrected chi connectivity index (χ3v) is 8.84. The van der Waals surface area contributed by atoms with E-state index < -0.39 is 8.07 Å². The van der Waals surface area contributed by atoms with Crippen LogP contribution in [0.1, 0.15) is 38.6 Å². The molecule has 0 bridgehead atoms. The van der Waals surface area contributed by atoms with Crippen molar-refractivity contribution in [3.05, 3.63) is 0 Å². The summed E-state index contributed by atoms with van der Waals surface area (Å²) in [6.45, 7) is 11.9. The van der Waals surface area contributed by atoms with Crippen molar-refractivity contribution in [3.63, 3.8) is 0 Å². The first kappa shape index (κ1) is 15.4. The molecule has 6 heteroatoms. The molecule has 2 fully saturated rings. The van der Waals surface area contributed by atoms with Gasteiger partial charge >= 0.3 is 0 Å². The Labute approximate surface area is 133 Å². The molecule has 1 saturated heterocycles. The van der Waals surface area contributed by atoms with Crippen LogP contribution in [0.25, 0.3) is 0 Å². The molecule has 4 nitrogen and oxygen atoms in total. The fraction of sp³-hybridized carbons (Fsp3) is 0.867. The van der Waals surface area contributed by atoms with E-state index in [-0.39, 0.29) is 0 Å². The molecular formula is C15H28N4SSi. The number of thioether (sulfide) groups is 1. The first-order valence-corrected chi connectivity index (χ1v) is 13.0. The molecule has 2 aliphatic rings. The minimum atomic E-state index is -1.05. The van der Waals surface area contributed by atoms with Gasteiger partial charge in [0.15, 0.2) is 5.16 Å². The summed E-state index contributed by atoms with van der Waals surface area (Å²) in [5, 5.41) is 11.5. The van der Waals surface area contributed by atoms with Gasteiger partial charge in [-0.2, -0.15) is 0 Å². The third-order valence-electron chi connectivity index (χ3n) is 4.26. The second-order valence-corrected chi connectivity index (χ2v) is 14.8. The summed E-state index contributed by atoms with van der Waals surface area (Å²) in [6, 6.07) is 0.665. The monoisotopic (exact) mass is 324 g/mol. The van der Waals surface area contributed by atoms with Gasteiger partial charge in [0.2, 0.25) is 5.95 Å². The van der Waals surface area contributed by atoms with Crippen LogP contribution in [-0.2, 0) is 0 Å². The zero-order valence-electron chi connectivity index (χ0n) is 13.8. The minimum absolute atomic E-state index is 0.665. The molecule has 118 valence electrons. The van der Waals surface area contributed by atoms with Gasteiger partial charge in [0.1, 0.15) is 0 Å². The summed E-state index contributed by atoms with van der Waals surface area (Å²) < 4.78 is 2.45. The molecule has 3 rings (SSSR count). The van der Waals surface area contributed by atoms with Gasteiger partial charge in [-0.3, -0.25) is 4.57 Å². The van der Waals surface area contributed by atoms with Crippen molar-refractivity contribution in [1.29, 1.82) is 0 Å². The summed E-state index contributed by atoms with van der Waals surface area (Å²) in [4.78, 5) is 2.46. The van der Waals surface area contributed by atoms with Crippen molar-refractivity contribution < 1.29 is 0 Å². The van der Waals surface area contributed by atoms with Crippen LogP contribution in [0.5, 0.6) is 0 Å². The summed E-state index contributed by atoms with van der Waals surface area (Å²) in [6.07, 6.45) is 5.18. The van der Waals surface area contributed by atoms with Crippen molar-refractivity contribution in [3.8, 4) is 0 Å². The van der Waals surface area contributed by atoms with E-state index in [4.69, 9.17) is 0 Å². The van der Waals surface area contributed by atoms with Crippen LogP contribution < -0.4 is 4.90 Å². The molecule has 2 heterocycles. The van der Waals surface area contributed by atoms with Crippen molar-refractivity contribution in [1.82, 2.24) is 14.8 Å². The average Bonchev–Trinajstić information content (AvgIpc) is 3.17. The van der Waals surface area contributed by atoms with Crippen LogP contribution in [-0.4, -0.2) is 41.3 Å². The van der Waals surface area contributed by atoms with Crippen molar-refractivity contribution in [2.24, 2.45) is 5.92 Å². The second kappa shape index (κ2) is 5.95. The summed E-state index contributed by atoms with van der Waals surface area (Å²) in [7, 11) is -1.05. The second-order valence-electron chi connectivity index (χ2n) is 7.90. The Morgan fingerprint density at radius 1 is 1.10 bits per heavy atom. The number of piperidine rings is 1. The number of rotatable bonds is 5. The lowest BCUT2D eigenvalue weighted by Gasteiger charge is -2.31. The maximum atomic E-state index is 4.56. The van der Waals surface area contributed by atoms with Gasteiger partial charge < -0.3 is 4.90 Å². The number of aromatic nitrogens is 3. The molecule has 0 amide bonds. The quantitative estimate of drug-likeness (QED) is 0.609. The summed E-state index contributed by atoms with van der Waals surface area (Å²) in [5.41, 5.74) is 0. The van der Waals surface area contributed by atoms with Crippen LogP contribution in [0.2, 0.25) is 19.6 Å². The van der Waals surface area contributed by atoms with E-state index in [1.54, 1.807) is 0 Å². The zero-order valence-corrected chi connectivity index (χ0v) is 15.6. The summed E-state index contributed by atoms with van der Waals surface area (Å²) >= 11 is 1.93. The van der Waals surface area contributed by atoms with Crippen LogP contribution >= 0.6 is 11.8 Å². The fourth-order valence-electron chi connectivity index (χ4n) is 2.73. The van der Waals surface area contributed by atoms with E-state index in [1.165, 1.54) is 31.1 Å². The van der Waals surface area contributed by atoms with Crippen molar-refractivity contribution in [2.45, 2.75) is 63.4 Å². The van der Waals surface area contributed by atoms with Gasteiger partial charge in [-0.05, 0) is 37.0 Å². The van der Waals surface area contributed by atoms with Crippen LogP contribution in [0.15, 0.2) is 5.16 Å². The largest absolute Gasteiger partial charge is 0.341 e. The molecule has 0 aromatic carbocycles. The number of hydrogen-bond acceptors (Lipinski definition) is 4. The molecular weight excluding hydrogens is 296 g/mol. The van der Waals surface area contributed by atoms with Gasteiger partial charge in [0.25, 0.3) is 0 Å². The van der Waals surface area contributed by atoms with E-state index in [2.05, 4.69) is 46.2 Å². The SMILES string of the molecule is CC1CCN(c2nnc(SC[Si](C)(C)C)n2C2CC2)CC1. The Morgan fingerprint density at radius 2 is 1.76 bits per heavy atom. The topological polar surface area (TPSA) is 34.0 Å². The molecule has 0 spiro atoms. The molecule has 0 N–H and O–H groups in total. The molecule has 1 aliphatic heterocycles. The van der Waals surface area contributed by atoms with Gasteiger partial charge in [0, 0.05) is 19.1 Å². The highest BCUT2D eigenvalue weighted by Crippen LogP contribution is 2.41. The first-order chi connectivity index (χ1) is 9.94. The van der Waals surface area contributed by atoms with Gasteiger partial charge in [-0.1, -0.05) is 38.3 Å². The zero-order chi connectivity index (χ0) is 15.0. The first-order valence-electron chi connectivity index (χ1n) is 8.27. The molecule has 1 aliphatic carbocycles. The molecule has 1 saturated carbocycles.